The van der Waals surface area contributed by atoms with Crippen molar-refractivity contribution in [3.63, 3.8) is 0 Å². The number of ether oxygens (including phenoxy) is 1. The van der Waals surface area contributed by atoms with Gasteiger partial charge >= 0.3 is 12.0 Å². The quantitative estimate of drug-likeness (QED) is 0.622. The largest absolute Gasteiger partial charge is 0.467 e. The zero-order valence-corrected chi connectivity index (χ0v) is 16.3. The molecule has 10 heteroatoms. The number of nitrogens with one attached hydrogen (secondary N) is 2. The number of carbonyl (C=O) groups is 3. The average Bonchev–Trinajstić information content (AvgIpc) is 3.15. The highest BCUT2D eigenvalue weighted by atomic mass is 35.5. The van der Waals surface area contributed by atoms with Crippen molar-refractivity contribution in [1.29, 1.82) is 0 Å². The first kappa shape index (κ1) is 21.1. The molecule has 0 bridgehead atoms. The first-order valence-electron chi connectivity index (χ1n) is 7.71. The summed E-state index contributed by atoms with van der Waals surface area (Å²) in [5.74, 6) is -0.157. The minimum Gasteiger partial charge on any atom is -0.467 e. The molecule has 2 rings (SSSR count). The van der Waals surface area contributed by atoms with Crippen molar-refractivity contribution in [2.45, 2.75) is 12.3 Å². The number of halogens is 2. The van der Waals surface area contributed by atoms with E-state index in [1.54, 1.807) is 30.3 Å². The van der Waals surface area contributed by atoms with Crippen LogP contribution in [0.5, 0.6) is 0 Å². The number of hydrogen-bond donors (Lipinski definition) is 2. The Hall–Kier alpha value is -2.16. The highest BCUT2D eigenvalue weighted by molar-refractivity contribution is 7.99. The normalized spacial score (nSPS) is 10.3. The van der Waals surface area contributed by atoms with Crippen LogP contribution in [0.3, 0.4) is 0 Å². The van der Waals surface area contributed by atoms with Gasteiger partial charge in [-0.05, 0) is 29.8 Å². The summed E-state index contributed by atoms with van der Waals surface area (Å²) in [4.78, 5) is 34.7. The van der Waals surface area contributed by atoms with Crippen molar-refractivity contribution < 1.29 is 23.5 Å². The monoisotopic (exact) mass is 430 g/mol. The number of thioether (sulfide) groups is 1. The van der Waals surface area contributed by atoms with E-state index in [-0.39, 0.29) is 12.3 Å². The Labute approximate surface area is 169 Å². The second-order valence-electron chi connectivity index (χ2n) is 5.21. The number of hydrogen-bond acceptors (Lipinski definition) is 6. The van der Waals surface area contributed by atoms with Crippen LogP contribution in [-0.4, -0.2) is 30.3 Å². The predicted molar refractivity (Wildman–Crippen MR) is 103 cm³/mol. The summed E-state index contributed by atoms with van der Waals surface area (Å²) in [5, 5.41) is 5.39. The predicted octanol–water partition coefficient (Wildman–Crippen LogP) is 3.39. The maximum atomic E-state index is 11.6. The molecule has 1 aromatic heterocycles. The molecule has 0 saturated heterocycles. The molecule has 0 unspecified atom stereocenters. The van der Waals surface area contributed by atoms with Gasteiger partial charge in [0.05, 0.1) is 28.6 Å². The molecular formula is C17H16Cl2N2O5S. The minimum absolute atomic E-state index is 0.0538. The summed E-state index contributed by atoms with van der Waals surface area (Å²) in [6.45, 7) is -0.405. The summed E-state index contributed by atoms with van der Waals surface area (Å²) >= 11 is 13.1. The summed E-state index contributed by atoms with van der Waals surface area (Å²) in [5.41, 5.74) is 0.910. The number of furan rings is 1. The van der Waals surface area contributed by atoms with E-state index in [4.69, 9.17) is 32.4 Å². The van der Waals surface area contributed by atoms with Crippen LogP contribution in [0, 0.1) is 0 Å². The van der Waals surface area contributed by atoms with E-state index >= 15 is 0 Å². The zero-order chi connectivity index (χ0) is 19.6. The third-order valence-corrected chi connectivity index (χ3v) is 4.81. The maximum Gasteiger partial charge on any atom is 0.321 e. The molecule has 0 radical (unpaired) electrons. The number of urea groups is 1. The summed E-state index contributed by atoms with van der Waals surface area (Å²) in [7, 11) is 0. The van der Waals surface area contributed by atoms with Crippen LogP contribution in [0.25, 0.3) is 0 Å². The van der Waals surface area contributed by atoms with Crippen LogP contribution in [0.4, 0.5) is 4.79 Å². The van der Waals surface area contributed by atoms with Crippen LogP contribution in [0.2, 0.25) is 10.0 Å². The molecule has 0 aliphatic rings. The van der Waals surface area contributed by atoms with Crippen LogP contribution < -0.4 is 10.6 Å². The lowest BCUT2D eigenvalue weighted by molar-refractivity contribution is -0.145. The molecule has 0 aliphatic heterocycles. The van der Waals surface area contributed by atoms with Gasteiger partial charge in [-0.15, -0.1) is 11.8 Å². The standard InChI is InChI=1S/C17H16Cl2N2O5S/c18-13-4-3-11(6-14(13)19)9-27-10-16(23)26-8-15(22)21-17(24)20-7-12-2-1-5-25-12/h1-6H,7-10H2,(H2,20,21,22,24). The molecule has 0 spiro atoms. The Balaban J connectivity index is 1.59. The van der Waals surface area contributed by atoms with Crippen LogP contribution in [-0.2, 0) is 26.6 Å². The van der Waals surface area contributed by atoms with E-state index in [1.807, 2.05) is 5.32 Å². The first-order chi connectivity index (χ1) is 12.9. The fourth-order valence-corrected chi connectivity index (χ4v) is 2.94. The lowest BCUT2D eigenvalue weighted by Gasteiger charge is -2.07. The lowest BCUT2D eigenvalue weighted by Crippen LogP contribution is -2.41. The SMILES string of the molecule is O=C(COC(=O)CSCc1ccc(Cl)c(Cl)c1)NC(=O)NCc1ccco1. The summed E-state index contributed by atoms with van der Waals surface area (Å²) < 4.78 is 9.86. The first-order valence-corrected chi connectivity index (χ1v) is 9.62. The second-order valence-corrected chi connectivity index (χ2v) is 7.01. The average molecular weight is 431 g/mol. The van der Waals surface area contributed by atoms with Gasteiger partial charge in [0.1, 0.15) is 5.76 Å². The van der Waals surface area contributed by atoms with Gasteiger partial charge in [0.15, 0.2) is 6.61 Å². The topological polar surface area (TPSA) is 97.6 Å². The van der Waals surface area contributed by atoms with Gasteiger partial charge < -0.3 is 14.5 Å². The van der Waals surface area contributed by atoms with Gasteiger partial charge in [0.2, 0.25) is 0 Å². The number of esters is 1. The van der Waals surface area contributed by atoms with E-state index in [0.717, 1.165) is 5.56 Å². The molecule has 144 valence electrons. The molecule has 2 aromatic rings. The fraction of sp³-hybridized carbons (Fsp3) is 0.235. The molecular weight excluding hydrogens is 415 g/mol. The molecule has 0 aliphatic carbocycles. The number of imide groups is 1. The highest BCUT2D eigenvalue weighted by Crippen LogP contribution is 2.24. The van der Waals surface area contributed by atoms with Crippen molar-refractivity contribution in [3.8, 4) is 0 Å². The minimum atomic E-state index is -0.727. The van der Waals surface area contributed by atoms with Gasteiger partial charge in [0, 0.05) is 5.75 Å². The number of carbonyl (C=O) groups excluding carboxylic acids is 3. The van der Waals surface area contributed by atoms with E-state index in [9.17, 15) is 14.4 Å². The van der Waals surface area contributed by atoms with Gasteiger partial charge in [0.25, 0.3) is 5.91 Å². The van der Waals surface area contributed by atoms with Gasteiger partial charge in [-0.25, -0.2) is 4.79 Å². The zero-order valence-electron chi connectivity index (χ0n) is 14.0. The third kappa shape index (κ3) is 7.94. The molecule has 1 aromatic carbocycles. The van der Waals surface area contributed by atoms with E-state index in [1.165, 1.54) is 18.0 Å². The number of benzene rings is 1. The van der Waals surface area contributed by atoms with Crippen molar-refractivity contribution >= 4 is 52.9 Å². The van der Waals surface area contributed by atoms with E-state index in [2.05, 4.69) is 5.32 Å². The molecule has 0 fully saturated rings. The van der Waals surface area contributed by atoms with Crippen LogP contribution >= 0.6 is 35.0 Å². The molecule has 3 amide bonds. The van der Waals surface area contributed by atoms with Crippen molar-refractivity contribution in [2.75, 3.05) is 12.4 Å². The highest BCUT2D eigenvalue weighted by Gasteiger charge is 2.11. The molecule has 7 nitrogen and oxygen atoms in total. The Morgan fingerprint density at radius 1 is 1.15 bits per heavy atom. The maximum absolute atomic E-state index is 11.6. The van der Waals surface area contributed by atoms with E-state index < -0.39 is 24.5 Å². The number of amides is 3. The second kappa shape index (κ2) is 10.9. The van der Waals surface area contributed by atoms with Crippen molar-refractivity contribution in [2.24, 2.45) is 0 Å². The molecule has 2 N–H and O–H groups in total. The van der Waals surface area contributed by atoms with E-state index in [0.29, 0.717) is 21.6 Å². The summed E-state index contributed by atoms with van der Waals surface area (Å²) in [6, 6.07) is 7.86. The van der Waals surface area contributed by atoms with Crippen LogP contribution in [0.15, 0.2) is 41.0 Å². The Bertz CT molecular complexity index is 799. The Morgan fingerprint density at radius 3 is 2.67 bits per heavy atom. The summed E-state index contributed by atoms with van der Waals surface area (Å²) in [6.07, 6.45) is 1.47. The van der Waals surface area contributed by atoms with Gasteiger partial charge in [-0.1, -0.05) is 29.3 Å². The molecule has 1 heterocycles. The van der Waals surface area contributed by atoms with Crippen LogP contribution in [0.1, 0.15) is 11.3 Å². The fourth-order valence-electron chi connectivity index (χ4n) is 1.86. The Kier molecular flexibility index (Phi) is 8.50. The Morgan fingerprint density at radius 2 is 1.96 bits per heavy atom. The van der Waals surface area contributed by atoms with Gasteiger partial charge in [-0.3, -0.25) is 14.9 Å². The molecule has 0 atom stereocenters. The third-order valence-electron chi connectivity index (χ3n) is 3.09. The smallest absolute Gasteiger partial charge is 0.321 e. The molecule has 0 saturated carbocycles. The van der Waals surface area contributed by atoms with Crippen molar-refractivity contribution in [3.05, 3.63) is 58.0 Å². The number of rotatable bonds is 8. The van der Waals surface area contributed by atoms with Crippen molar-refractivity contribution in [1.82, 2.24) is 10.6 Å². The van der Waals surface area contributed by atoms with Gasteiger partial charge in [-0.2, -0.15) is 0 Å². The molecule has 27 heavy (non-hydrogen) atoms. The lowest BCUT2D eigenvalue weighted by atomic mass is 10.2.